The van der Waals surface area contributed by atoms with Crippen molar-refractivity contribution < 1.29 is 22.4 Å². The highest BCUT2D eigenvalue weighted by molar-refractivity contribution is 7.21. The zero-order valence-electron chi connectivity index (χ0n) is 11.0. The van der Waals surface area contributed by atoms with Crippen LogP contribution in [0.1, 0.15) is 16.6 Å². The Bertz CT molecular complexity index is 681. The fourth-order valence-electron chi connectivity index (χ4n) is 1.94. The summed E-state index contributed by atoms with van der Waals surface area (Å²) < 4.78 is 51.1. The summed E-state index contributed by atoms with van der Waals surface area (Å²) in [6.07, 6.45) is -4.48. The van der Waals surface area contributed by atoms with Crippen LogP contribution in [0.2, 0.25) is 0 Å². The van der Waals surface area contributed by atoms with Gasteiger partial charge in [0.15, 0.2) is 0 Å². The number of rotatable bonds is 3. The highest BCUT2D eigenvalue weighted by Gasteiger charge is 2.33. The van der Waals surface area contributed by atoms with Gasteiger partial charge >= 0.3 is 6.18 Å². The van der Waals surface area contributed by atoms with E-state index in [4.69, 9.17) is 5.73 Å². The predicted octanol–water partition coefficient (Wildman–Crippen LogP) is 3.65. The Hall–Kier alpha value is -1.83. The van der Waals surface area contributed by atoms with Crippen LogP contribution in [0.25, 0.3) is 10.1 Å². The molecule has 0 aliphatic rings. The van der Waals surface area contributed by atoms with Gasteiger partial charge < -0.3 is 10.6 Å². The first-order chi connectivity index (χ1) is 9.73. The topological polar surface area (TPSA) is 46.3 Å². The van der Waals surface area contributed by atoms with Gasteiger partial charge in [0.05, 0.1) is 5.69 Å². The third kappa shape index (κ3) is 3.26. The van der Waals surface area contributed by atoms with Gasteiger partial charge in [-0.25, -0.2) is 4.39 Å². The Morgan fingerprint density at radius 1 is 1.38 bits per heavy atom. The van der Waals surface area contributed by atoms with Crippen molar-refractivity contribution in [1.29, 1.82) is 0 Å². The lowest BCUT2D eigenvalue weighted by molar-refractivity contribution is -0.140. The second-order valence-corrected chi connectivity index (χ2v) is 5.47. The van der Waals surface area contributed by atoms with E-state index in [2.05, 4.69) is 0 Å². The zero-order valence-corrected chi connectivity index (χ0v) is 11.8. The number of carbonyl (C=O) groups excluding carboxylic acids is 1. The second-order valence-electron chi connectivity index (χ2n) is 4.42. The number of fused-ring (bicyclic) bond motifs is 1. The summed E-state index contributed by atoms with van der Waals surface area (Å²) in [7, 11) is 0. The molecule has 0 aliphatic heterocycles. The molecule has 0 spiro atoms. The predicted molar refractivity (Wildman–Crippen MR) is 73.8 cm³/mol. The largest absolute Gasteiger partial charge is 0.406 e. The lowest BCUT2D eigenvalue weighted by atomic mass is 10.2. The molecular formula is C13H12F4N2OS. The maximum atomic E-state index is 13.2. The van der Waals surface area contributed by atoms with E-state index in [0.29, 0.717) is 15.0 Å². The molecule has 2 rings (SSSR count). The molecule has 3 nitrogen and oxygen atoms in total. The van der Waals surface area contributed by atoms with Crippen LogP contribution in [0.4, 0.5) is 23.2 Å². The van der Waals surface area contributed by atoms with Crippen LogP contribution in [-0.4, -0.2) is 30.1 Å². The van der Waals surface area contributed by atoms with Crippen molar-refractivity contribution in [2.24, 2.45) is 0 Å². The molecule has 1 aromatic carbocycles. The van der Waals surface area contributed by atoms with Gasteiger partial charge in [0.25, 0.3) is 5.91 Å². The van der Waals surface area contributed by atoms with E-state index in [9.17, 15) is 22.4 Å². The standard InChI is InChI=1S/C13H12F4N2OS/c1-2-19(6-13(15,16)17)12(20)11-10(18)8-5-7(14)3-4-9(8)21-11/h3-5H,2,6,18H2,1H3. The summed E-state index contributed by atoms with van der Waals surface area (Å²) in [6, 6.07) is 3.82. The number of alkyl halides is 3. The van der Waals surface area contributed by atoms with E-state index >= 15 is 0 Å². The molecule has 2 N–H and O–H groups in total. The zero-order chi connectivity index (χ0) is 15.8. The summed E-state index contributed by atoms with van der Waals surface area (Å²) in [5, 5.41) is 0.339. The first-order valence-corrected chi connectivity index (χ1v) is 6.88. The summed E-state index contributed by atoms with van der Waals surface area (Å²) in [6.45, 7) is 0.0115. The monoisotopic (exact) mass is 320 g/mol. The van der Waals surface area contributed by atoms with Crippen molar-refractivity contribution >= 4 is 33.0 Å². The van der Waals surface area contributed by atoms with Gasteiger partial charge in [0, 0.05) is 16.6 Å². The van der Waals surface area contributed by atoms with Crippen molar-refractivity contribution in [2.75, 3.05) is 18.8 Å². The average Bonchev–Trinajstić information content (AvgIpc) is 2.71. The first-order valence-electron chi connectivity index (χ1n) is 6.06. The number of benzene rings is 1. The fourth-order valence-corrected chi connectivity index (χ4v) is 3.01. The van der Waals surface area contributed by atoms with Gasteiger partial charge in [-0.1, -0.05) is 0 Å². The van der Waals surface area contributed by atoms with E-state index in [0.717, 1.165) is 17.4 Å². The van der Waals surface area contributed by atoms with E-state index < -0.39 is 24.4 Å². The minimum atomic E-state index is -4.48. The molecule has 1 amide bonds. The number of thiophene rings is 1. The van der Waals surface area contributed by atoms with E-state index in [-0.39, 0.29) is 17.1 Å². The molecule has 0 saturated heterocycles. The maximum absolute atomic E-state index is 13.2. The average molecular weight is 320 g/mol. The van der Waals surface area contributed by atoms with E-state index in [1.165, 1.54) is 19.1 Å². The number of nitrogens with two attached hydrogens (primary N) is 1. The van der Waals surface area contributed by atoms with Crippen molar-refractivity contribution in [1.82, 2.24) is 4.90 Å². The fraction of sp³-hybridized carbons (Fsp3) is 0.308. The van der Waals surface area contributed by atoms with Crippen LogP contribution in [0.15, 0.2) is 18.2 Å². The van der Waals surface area contributed by atoms with Crippen molar-refractivity contribution in [2.45, 2.75) is 13.1 Å². The molecule has 0 fully saturated rings. The molecule has 8 heteroatoms. The van der Waals surface area contributed by atoms with Crippen molar-refractivity contribution in [3.8, 4) is 0 Å². The van der Waals surface area contributed by atoms with Crippen molar-refractivity contribution in [3.63, 3.8) is 0 Å². The van der Waals surface area contributed by atoms with E-state index in [1.807, 2.05) is 0 Å². The molecule has 0 saturated carbocycles. The van der Waals surface area contributed by atoms with Crippen LogP contribution < -0.4 is 5.73 Å². The van der Waals surface area contributed by atoms with Gasteiger partial charge in [-0.3, -0.25) is 4.79 Å². The number of anilines is 1. The quantitative estimate of drug-likeness (QED) is 0.878. The molecule has 114 valence electrons. The van der Waals surface area contributed by atoms with Crippen molar-refractivity contribution in [3.05, 3.63) is 28.9 Å². The molecule has 0 aliphatic carbocycles. The Balaban J connectivity index is 2.40. The Labute approximate surface area is 122 Å². The van der Waals surface area contributed by atoms with Crippen LogP contribution in [0.3, 0.4) is 0 Å². The molecule has 21 heavy (non-hydrogen) atoms. The van der Waals surface area contributed by atoms with E-state index in [1.54, 1.807) is 0 Å². The third-order valence-corrected chi connectivity index (χ3v) is 4.10. The van der Waals surface area contributed by atoms with Gasteiger partial charge in [-0.2, -0.15) is 13.2 Å². The minimum Gasteiger partial charge on any atom is -0.397 e. The number of hydrogen-bond acceptors (Lipinski definition) is 3. The number of nitrogen functional groups attached to an aromatic ring is 1. The Kier molecular flexibility index (Phi) is 4.08. The third-order valence-electron chi connectivity index (χ3n) is 2.92. The van der Waals surface area contributed by atoms with Gasteiger partial charge in [-0.05, 0) is 25.1 Å². The molecule has 0 bridgehead atoms. The summed E-state index contributed by atoms with van der Waals surface area (Å²) >= 11 is 0.960. The molecule has 0 atom stereocenters. The normalized spacial score (nSPS) is 11.9. The number of amides is 1. The van der Waals surface area contributed by atoms with Crippen LogP contribution in [0.5, 0.6) is 0 Å². The highest BCUT2D eigenvalue weighted by Crippen LogP contribution is 2.35. The first kappa shape index (κ1) is 15.6. The summed E-state index contributed by atoms with van der Waals surface area (Å²) in [5.74, 6) is -1.32. The number of hydrogen-bond donors (Lipinski definition) is 1. The smallest absolute Gasteiger partial charge is 0.397 e. The molecule has 0 radical (unpaired) electrons. The molecule has 0 unspecified atom stereocenters. The number of halogens is 4. The maximum Gasteiger partial charge on any atom is 0.406 e. The lowest BCUT2D eigenvalue weighted by Gasteiger charge is -2.21. The van der Waals surface area contributed by atoms with Gasteiger partial charge in [0.2, 0.25) is 0 Å². The lowest BCUT2D eigenvalue weighted by Crippen LogP contribution is -2.38. The molecule has 1 aromatic heterocycles. The van der Waals surface area contributed by atoms with Crippen LogP contribution in [0, 0.1) is 5.82 Å². The van der Waals surface area contributed by atoms with Crippen LogP contribution in [-0.2, 0) is 0 Å². The highest BCUT2D eigenvalue weighted by atomic mass is 32.1. The summed E-state index contributed by atoms with van der Waals surface area (Å²) in [5.41, 5.74) is 5.79. The number of carbonyl (C=O) groups is 1. The molecule has 2 aromatic rings. The molecular weight excluding hydrogens is 308 g/mol. The van der Waals surface area contributed by atoms with Gasteiger partial charge in [0.1, 0.15) is 17.2 Å². The Morgan fingerprint density at radius 2 is 2.05 bits per heavy atom. The second kappa shape index (κ2) is 5.51. The minimum absolute atomic E-state index is 0.00157. The summed E-state index contributed by atoms with van der Waals surface area (Å²) in [4.78, 5) is 12.9. The van der Waals surface area contributed by atoms with Gasteiger partial charge in [-0.15, -0.1) is 11.3 Å². The SMILES string of the molecule is CCN(CC(F)(F)F)C(=O)c1sc2ccc(F)cc2c1N. The Morgan fingerprint density at radius 3 is 2.62 bits per heavy atom. The van der Waals surface area contributed by atoms with Crippen LogP contribution >= 0.6 is 11.3 Å². The molecule has 1 heterocycles. The number of nitrogens with zero attached hydrogens (tertiary/aromatic N) is 1.